The summed E-state index contributed by atoms with van der Waals surface area (Å²) in [6.07, 6.45) is 0. The SMILES string of the molecule is COC(=O)C1(CN(C)Cc2sccc2C)COC1. The number of carbonyl (C=O) groups is 1. The van der Waals surface area contributed by atoms with Crippen LogP contribution in [0.4, 0.5) is 0 Å². The minimum atomic E-state index is -0.464. The van der Waals surface area contributed by atoms with Gasteiger partial charge < -0.3 is 9.47 Å². The molecule has 0 bridgehead atoms. The molecule has 1 fully saturated rings. The Balaban J connectivity index is 1.96. The van der Waals surface area contributed by atoms with Crippen LogP contribution >= 0.6 is 11.3 Å². The Morgan fingerprint density at radius 1 is 1.61 bits per heavy atom. The molecule has 1 aliphatic rings. The first-order valence-electron chi connectivity index (χ1n) is 5.95. The predicted octanol–water partition coefficient (Wildman–Crippen LogP) is 1.68. The molecule has 0 radical (unpaired) electrons. The van der Waals surface area contributed by atoms with Crippen molar-refractivity contribution in [3.05, 3.63) is 21.9 Å². The zero-order valence-corrected chi connectivity index (χ0v) is 11.9. The monoisotopic (exact) mass is 269 g/mol. The molecule has 1 aromatic rings. The lowest BCUT2D eigenvalue weighted by Gasteiger charge is -2.40. The van der Waals surface area contributed by atoms with E-state index < -0.39 is 5.41 Å². The molecule has 0 atom stereocenters. The third-order valence-corrected chi connectivity index (χ3v) is 4.34. The number of hydrogen-bond donors (Lipinski definition) is 0. The highest BCUT2D eigenvalue weighted by Crippen LogP contribution is 2.30. The highest BCUT2D eigenvalue weighted by molar-refractivity contribution is 7.10. The van der Waals surface area contributed by atoms with Crippen LogP contribution in [0.1, 0.15) is 10.4 Å². The molecule has 4 nitrogen and oxygen atoms in total. The summed E-state index contributed by atoms with van der Waals surface area (Å²) in [5, 5.41) is 2.10. The molecule has 0 N–H and O–H groups in total. The fourth-order valence-electron chi connectivity index (χ4n) is 2.22. The molecule has 2 heterocycles. The summed E-state index contributed by atoms with van der Waals surface area (Å²) in [7, 11) is 3.47. The first-order valence-corrected chi connectivity index (χ1v) is 6.83. The van der Waals surface area contributed by atoms with E-state index in [-0.39, 0.29) is 5.97 Å². The number of thiophene rings is 1. The number of rotatable bonds is 5. The Kier molecular flexibility index (Phi) is 4.04. The van der Waals surface area contributed by atoms with Crippen molar-refractivity contribution in [2.24, 2.45) is 5.41 Å². The fourth-order valence-corrected chi connectivity index (χ4v) is 3.21. The van der Waals surface area contributed by atoms with Crippen LogP contribution in [0.25, 0.3) is 0 Å². The minimum absolute atomic E-state index is 0.163. The smallest absolute Gasteiger partial charge is 0.317 e. The van der Waals surface area contributed by atoms with Gasteiger partial charge in [-0.15, -0.1) is 11.3 Å². The summed E-state index contributed by atoms with van der Waals surface area (Å²) in [6, 6.07) is 2.12. The molecule has 0 amide bonds. The highest BCUT2D eigenvalue weighted by atomic mass is 32.1. The quantitative estimate of drug-likeness (QED) is 0.762. The van der Waals surface area contributed by atoms with Gasteiger partial charge in [0.25, 0.3) is 0 Å². The molecule has 1 saturated heterocycles. The lowest BCUT2D eigenvalue weighted by Crippen LogP contribution is -2.55. The highest BCUT2D eigenvalue weighted by Gasteiger charge is 2.47. The first kappa shape index (κ1) is 13.5. The zero-order valence-electron chi connectivity index (χ0n) is 11.1. The van der Waals surface area contributed by atoms with Gasteiger partial charge in [0.1, 0.15) is 5.41 Å². The molecular formula is C13H19NO3S. The molecule has 18 heavy (non-hydrogen) atoms. The van der Waals surface area contributed by atoms with E-state index in [0.717, 1.165) is 6.54 Å². The van der Waals surface area contributed by atoms with E-state index in [0.29, 0.717) is 19.8 Å². The maximum Gasteiger partial charge on any atom is 0.317 e. The Morgan fingerprint density at radius 3 is 2.78 bits per heavy atom. The van der Waals surface area contributed by atoms with Crippen molar-refractivity contribution >= 4 is 17.3 Å². The van der Waals surface area contributed by atoms with Crippen molar-refractivity contribution in [1.82, 2.24) is 4.90 Å². The third kappa shape index (κ3) is 2.58. The zero-order chi connectivity index (χ0) is 13.2. The van der Waals surface area contributed by atoms with Gasteiger partial charge >= 0.3 is 5.97 Å². The largest absolute Gasteiger partial charge is 0.468 e. The van der Waals surface area contributed by atoms with Gasteiger partial charge in [0, 0.05) is 18.0 Å². The molecule has 1 aromatic heterocycles. The van der Waals surface area contributed by atoms with Crippen LogP contribution in [0.3, 0.4) is 0 Å². The van der Waals surface area contributed by atoms with Crippen LogP contribution < -0.4 is 0 Å². The predicted molar refractivity (Wildman–Crippen MR) is 70.7 cm³/mol. The topological polar surface area (TPSA) is 38.8 Å². The van der Waals surface area contributed by atoms with Gasteiger partial charge in [-0.3, -0.25) is 9.69 Å². The maximum absolute atomic E-state index is 11.8. The first-order chi connectivity index (χ1) is 8.57. The lowest BCUT2D eigenvalue weighted by atomic mass is 9.85. The van der Waals surface area contributed by atoms with Gasteiger partial charge in [-0.05, 0) is 31.0 Å². The van der Waals surface area contributed by atoms with Crippen LogP contribution in [0.15, 0.2) is 11.4 Å². The number of esters is 1. The van der Waals surface area contributed by atoms with Crippen molar-refractivity contribution in [1.29, 1.82) is 0 Å². The molecule has 5 heteroatoms. The second-order valence-electron chi connectivity index (χ2n) is 4.96. The number of aryl methyl sites for hydroxylation is 1. The van der Waals surface area contributed by atoms with E-state index in [4.69, 9.17) is 9.47 Å². The fraction of sp³-hybridized carbons (Fsp3) is 0.615. The standard InChI is InChI=1S/C13H19NO3S/c1-10-4-5-18-11(10)6-14(2)7-13(8-17-9-13)12(15)16-3/h4-5H,6-9H2,1-3H3. The molecule has 0 unspecified atom stereocenters. The normalized spacial score (nSPS) is 17.6. The van der Waals surface area contributed by atoms with Crippen LogP contribution in [0.5, 0.6) is 0 Å². The van der Waals surface area contributed by atoms with Gasteiger partial charge in [-0.2, -0.15) is 0 Å². The van der Waals surface area contributed by atoms with E-state index in [1.807, 2.05) is 7.05 Å². The number of ether oxygens (including phenoxy) is 2. The van der Waals surface area contributed by atoms with Gasteiger partial charge in [-0.1, -0.05) is 0 Å². The van der Waals surface area contributed by atoms with Crippen molar-refractivity contribution < 1.29 is 14.3 Å². The molecular weight excluding hydrogens is 250 g/mol. The molecule has 0 spiro atoms. The van der Waals surface area contributed by atoms with E-state index in [2.05, 4.69) is 23.3 Å². The average Bonchev–Trinajstić information content (AvgIpc) is 2.68. The molecule has 0 saturated carbocycles. The molecule has 1 aliphatic heterocycles. The van der Waals surface area contributed by atoms with E-state index in [9.17, 15) is 4.79 Å². The summed E-state index contributed by atoms with van der Waals surface area (Å²) in [5.74, 6) is -0.163. The van der Waals surface area contributed by atoms with Crippen molar-refractivity contribution in [2.45, 2.75) is 13.5 Å². The molecule has 2 rings (SSSR count). The van der Waals surface area contributed by atoms with Crippen molar-refractivity contribution in [2.75, 3.05) is 33.9 Å². The molecule has 0 aliphatic carbocycles. The van der Waals surface area contributed by atoms with Crippen LogP contribution in [0, 0.1) is 12.3 Å². The number of nitrogens with zero attached hydrogens (tertiary/aromatic N) is 1. The summed E-state index contributed by atoms with van der Waals surface area (Å²) in [6.45, 7) is 4.59. The summed E-state index contributed by atoms with van der Waals surface area (Å²) >= 11 is 1.75. The van der Waals surface area contributed by atoms with Crippen LogP contribution in [-0.4, -0.2) is 44.8 Å². The third-order valence-electron chi connectivity index (χ3n) is 3.33. The Labute approximate surface area is 111 Å². The Bertz CT molecular complexity index is 426. The summed E-state index contributed by atoms with van der Waals surface area (Å²) in [4.78, 5) is 15.3. The Hall–Kier alpha value is -0.910. The van der Waals surface area contributed by atoms with Crippen LogP contribution in [0.2, 0.25) is 0 Å². The van der Waals surface area contributed by atoms with Gasteiger partial charge in [0.15, 0.2) is 0 Å². The van der Waals surface area contributed by atoms with E-state index in [1.54, 1.807) is 11.3 Å². The van der Waals surface area contributed by atoms with E-state index >= 15 is 0 Å². The maximum atomic E-state index is 11.8. The van der Waals surface area contributed by atoms with E-state index in [1.165, 1.54) is 17.6 Å². The number of carbonyl (C=O) groups excluding carboxylic acids is 1. The summed E-state index contributed by atoms with van der Waals surface area (Å²) < 4.78 is 10.1. The second-order valence-corrected chi connectivity index (χ2v) is 5.96. The molecule has 100 valence electrons. The minimum Gasteiger partial charge on any atom is -0.468 e. The van der Waals surface area contributed by atoms with Gasteiger partial charge in [-0.25, -0.2) is 0 Å². The summed E-state index contributed by atoms with van der Waals surface area (Å²) in [5.41, 5.74) is 0.845. The van der Waals surface area contributed by atoms with Crippen LogP contribution in [-0.2, 0) is 20.8 Å². The van der Waals surface area contributed by atoms with Crippen molar-refractivity contribution in [3.8, 4) is 0 Å². The number of methoxy groups -OCH3 is 1. The van der Waals surface area contributed by atoms with Gasteiger partial charge in [0.05, 0.1) is 20.3 Å². The Morgan fingerprint density at radius 2 is 2.33 bits per heavy atom. The lowest BCUT2D eigenvalue weighted by molar-refractivity contribution is -0.186. The second kappa shape index (κ2) is 5.38. The molecule has 0 aromatic carbocycles. The van der Waals surface area contributed by atoms with Gasteiger partial charge in [0.2, 0.25) is 0 Å². The average molecular weight is 269 g/mol. The number of hydrogen-bond acceptors (Lipinski definition) is 5. The van der Waals surface area contributed by atoms with Crippen molar-refractivity contribution in [3.63, 3.8) is 0 Å².